The second kappa shape index (κ2) is 9.07. The van der Waals surface area contributed by atoms with Crippen LogP contribution in [0.2, 0.25) is 5.02 Å². The summed E-state index contributed by atoms with van der Waals surface area (Å²) in [6.45, 7) is 5.78. The van der Waals surface area contributed by atoms with Gasteiger partial charge < -0.3 is 15.4 Å². The molecule has 2 aromatic carbocycles. The zero-order valence-corrected chi connectivity index (χ0v) is 20.4. The zero-order valence-electron chi connectivity index (χ0n) is 18.9. The van der Waals surface area contributed by atoms with E-state index in [1.807, 2.05) is 39.0 Å². The van der Waals surface area contributed by atoms with Gasteiger partial charge in [0.2, 0.25) is 16.0 Å². The van der Waals surface area contributed by atoms with Crippen molar-refractivity contribution in [3.05, 3.63) is 58.2 Å². The number of hydrogen-bond donors (Lipinski definition) is 3. The van der Waals surface area contributed by atoms with Crippen molar-refractivity contribution in [2.24, 2.45) is 0 Å². The van der Waals surface area contributed by atoms with Gasteiger partial charge in [0.15, 0.2) is 5.82 Å². The van der Waals surface area contributed by atoms with Crippen LogP contribution >= 0.6 is 11.6 Å². The minimum absolute atomic E-state index is 0.302. The molecule has 0 aliphatic heterocycles. The molecule has 1 aliphatic rings. The maximum Gasteiger partial charge on any atom is 0.235 e. The van der Waals surface area contributed by atoms with Crippen LogP contribution in [0.15, 0.2) is 36.5 Å². The average Bonchev–Trinajstić information content (AvgIpc) is 3.59. The molecule has 0 spiro atoms. The quantitative estimate of drug-likeness (QED) is 0.387. The summed E-state index contributed by atoms with van der Waals surface area (Å²) >= 11 is 6.34. The van der Waals surface area contributed by atoms with E-state index in [1.54, 1.807) is 19.2 Å². The molecular formula is C23H26ClN5O3S. The van der Waals surface area contributed by atoms with E-state index in [2.05, 4.69) is 25.3 Å². The third-order valence-electron chi connectivity index (χ3n) is 5.47. The molecule has 10 heteroatoms. The average molecular weight is 488 g/mol. The number of methoxy groups -OCH3 is 1. The summed E-state index contributed by atoms with van der Waals surface area (Å²) < 4.78 is 32.8. The third-order valence-corrected chi connectivity index (χ3v) is 7.60. The molecule has 1 aliphatic carbocycles. The van der Waals surface area contributed by atoms with Crippen molar-refractivity contribution in [2.45, 2.75) is 38.9 Å². The fourth-order valence-corrected chi connectivity index (χ4v) is 5.20. The lowest BCUT2D eigenvalue weighted by Crippen LogP contribution is -2.18. The Kier molecular flexibility index (Phi) is 6.36. The SMILES string of the molecule is COc1c(C)cc(Nc2ncc(Cl)c(Nc3cccc(NS(=O)(=O)C4CC4)c3C)n2)cc1C. The molecule has 8 nitrogen and oxygen atoms in total. The smallest absolute Gasteiger partial charge is 0.235 e. The van der Waals surface area contributed by atoms with E-state index in [1.165, 1.54) is 6.20 Å². The molecule has 1 fully saturated rings. The van der Waals surface area contributed by atoms with Crippen LogP contribution in [0, 0.1) is 20.8 Å². The maximum absolute atomic E-state index is 12.4. The van der Waals surface area contributed by atoms with Crippen LogP contribution in [-0.2, 0) is 10.0 Å². The van der Waals surface area contributed by atoms with E-state index >= 15 is 0 Å². The summed E-state index contributed by atoms with van der Waals surface area (Å²) in [5.74, 6) is 1.61. The highest BCUT2D eigenvalue weighted by Crippen LogP contribution is 2.34. The summed E-state index contributed by atoms with van der Waals surface area (Å²) in [6, 6.07) is 9.26. The number of rotatable bonds is 8. The van der Waals surface area contributed by atoms with E-state index < -0.39 is 10.0 Å². The monoisotopic (exact) mass is 487 g/mol. The highest BCUT2D eigenvalue weighted by atomic mass is 35.5. The fourth-order valence-electron chi connectivity index (χ4n) is 3.61. The lowest BCUT2D eigenvalue weighted by Gasteiger charge is -2.16. The molecule has 3 aromatic rings. The maximum atomic E-state index is 12.4. The van der Waals surface area contributed by atoms with Gasteiger partial charge in [-0.3, -0.25) is 4.72 Å². The standard InChI is InChI=1S/C23H26ClN5O3S/c1-13-10-16(11-14(2)21(13)32-4)26-23-25-12-18(24)22(28-23)27-19-6-5-7-20(15(19)3)29-33(30,31)17-8-9-17/h5-7,10-12,17,29H,8-9H2,1-4H3,(H2,25,26,27,28). The minimum atomic E-state index is -3.36. The fraction of sp³-hybridized carbons (Fsp3) is 0.304. The van der Waals surface area contributed by atoms with Gasteiger partial charge in [-0.1, -0.05) is 17.7 Å². The van der Waals surface area contributed by atoms with Crippen molar-refractivity contribution in [1.29, 1.82) is 0 Å². The van der Waals surface area contributed by atoms with Crippen molar-refractivity contribution in [3.8, 4) is 5.75 Å². The first kappa shape index (κ1) is 23.1. The molecule has 3 N–H and O–H groups in total. The van der Waals surface area contributed by atoms with E-state index in [4.69, 9.17) is 16.3 Å². The number of nitrogens with one attached hydrogen (secondary N) is 3. The van der Waals surface area contributed by atoms with Gasteiger partial charge in [-0.2, -0.15) is 4.98 Å². The number of nitrogens with zero attached hydrogens (tertiary/aromatic N) is 2. The second-order valence-corrected chi connectivity index (χ2v) is 10.5. The molecule has 0 amide bonds. The number of halogens is 1. The van der Waals surface area contributed by atoms with Crippen LogP contribution in [0.1, 0.15) is 29.5 Å². The molecule has 1 aromatic heterocycles. The highest BCUT2D eigenvalue weighted by molar-refractivity contribution is 7.93. The molecule has 0 unspecified atom stereocenters. The number of hydrogen-bond acceptors (Lipinski definition) is 7. The molecule has 174 valence electrons. The van der Waals surface area contributed by atoms with Crippen molar-refractivity contribution in [2.75, 3.05) is 22.5 Å². The molecule has 1 saturated carbocycles. The molecule has 33 heavy (non-hydrogen) atoms. The van der Waals surface area contributed by atoms with Crippen molar-refractivity contribution >= 4 is 50.5 Å². The molecule has 0 atom stereocenters. The topological polar surface area (TPSA) is 105 Å². The lowest BCUT2D eigenvalue weighted by atomic mass is 10.1. The number of sulfonamides is 1. The van der Waals surface area contributed by atoms with Crippen LogP contribution in [0.3, 0.4) is 0 Å². The van der Waals surface area contributed by atoms with Crippen LogP contribution in [0.5, 0.6) is 5.75 Å². The van der Waals surface area contributed by atoms with Gasteiger partial charge in [0.05, 0.1) is 24.2 Å². The van der Waals surface area contributed by atoms with Gasteiger partial charge in [0, 0.05) is 11.4 Å². The van der Waals surface area contributed by atoms with Crippen LogP contribution in [0.4, 0.5) is 28.8 Å². The predicted molar refractivity (Wildman–Crippen MR) is 133 cm³/mol. The number of benzene rings is 2. The summed E-state index contributed by atoms with van der Waals surface area (Å²) in [6.07, 6.45) is 2.91. The highest BCUT2D eigenvalue weighted by Gasteiger charge is 2.36. The number of ether oxygens (including phenoxy) is 1. The lowest BCUT2D eigenvalue weighted by molar-refractivity contribution is 0.408. The Bertz CT molecular complexity index is 1290. The van der Waals surface area contributed by atoms with Crippen molar-refractivity contribution in [3.63, 3.8) is 0 Å². The summed E-state index contributed by atoms with van der Waals surface area (Å²) in [4.78, 5) is 8.79. The number of aryl methyl sites for hydroxylation is 2. The molecule has 0 saturated heterocycles. The van der Waals surface area contributed by atoms with E-state index in [0.717, 1.165) is 28.1 Å². The first-order chi connectivity index (χ1) is 15.7. The molecular weight excluding hydrogens is 462 g/mol. The van der Waals surface area contributed by atoms with Gasteiger partial charge in [-0.15, -0.1) is 0 Å². The Balaban J connectivity index is 1.57. The largest absolute Gasteiger partial charge is 0.496 e. The summed E-state index contributed by atoms with van der Waals surface area (Å²) in [5.41, 5.74) is 4.77. The van der Waals surface area contributed by atoms with Gasteiger partial charge in [0.1, 0.15) is 10.8 Å². The Morgan fingerprint density at radius 1 is 1.06 bits per heavy atom. The van der Waals surface area contributed by atoms with E-state index in [9.17, 15) is 8.42 Å². The van der Waals surface area contributed by atoms with Crippen LogP contribution < -0.4 is 20.1 Å². The summed E-state index contributed by atoms with van der Waals surface area (Å²) in [5, 5.41) is 6.44. The molecule has 1 heterocycles. The van der Waals surface area contributed by atoms with Crippen LogP contribution in [0.25, 0.3) is 0 Å². The van der Waals surface area contributed by atoms with Crippen molar-refractivity contribution in [1.82, 2.24) is 9.97 Å². The number of aromatic nitrogens is 2. The van der Waals surface area contributed by atoms with Gasteiger partial charge in [-0.05, 0) is 74.6 Å². The second-order valence-electron chi connectivity index (χ2n) is 8.11. The normalized spacial score (nSPS) is 13.5. The Morgan fingerprint density at radius 2 is 1.73 bits per heavy atom. The molecule has 0 bridgehead atoms. The Morgan fingerprint density at radius 3 is 2.36 bits per heavy atom. The van der Waals surface area contributed by atoms with Gasteiger partial charge in [-0.25, -0.2) is 13.4 Å². The molecule has 4 rings (SSSR count). The van der Waals surface area contributed by atoms with Crippen LogP contribution in [-0.4, -0.2) is 30.7 Å². The molecule has 0 radical (unpaired) electrons. The number of anilines is 5. The Hall–Kier alpha value is -3.04. The Labute approximate surface area is 198 Å². The van der Waals surface area contributed by atoms with E-state index in [-0.39, 0.29) is 5.25 Å². The van der Waals surface area contributed by atoms with Gasteiger partial charge >= 0.3 is 0 Å². The minimum Gasteiger partial charge on any atom is -0.496 e. The van der Waals surface area contributed by atoms with Crippen molar-refractivity contribution < 1.29 is 13.2 Å². The van der Waals surface area contributed by atoms with E-state index in [0.29, 0.717) is 41.0 Å². The summed E-state index contributed by atoms with van der Waals surface area (Å²) in [7, 11) is -1.71. The predicted octanol–water partition coefficient (Wildman–Crippen LogP) is 5.46. The first-order valence-corrected chi connectivity index (χ1v) is 12.4. The van der Waals surface area contributed by atoms with Gasteiger partial charge in [0.25, 0.3) is 0 Å². The first-order valence-electron chi connectivity index (χ1n) is 10.5. The third kappa shape index (κ3) is 5.15. The zero-order chi connectivity index (χ0) is 23.8.